The Morgan fingerprint density at radius 2 is 2.89 bits per heavy atom. The summed E-state index contributed by atoms with van der Waals surface area (Å²) in [6.45, 7) is -3.14. The van der Waals surface area contributed by atoms with Crippen LogP contribution >= 0.6 is 0 Å². The molecule has 0 bridgehead atoms. The topological polar surface area (TPSA) is 12.9 Å². The quantitative estimate of drug-likeness (QED) is 0.532. The number of rotatable bonds is 1. The molecule has 2 heteroatoms. The van der Waals surface area contributed by atoms with Gasteiger partial charge in [-0.25, -0.2) is 4.98 Å². The monoisotopic (exact) mass is 133 g/mol. The Bertz CT molecular complexity index is 454. The zero-order valence-corrected chi connectivity index (χ0v) is 4.33. The van der Waals surface area contributed by atoms with Gasteiger partial charge in [0, 0.05) is 12.5 Å². The Hall–Kier alpha value is -0.920. The van der Waals surface area contributed by atoms with E-state index >= 15 is 0 Å². The maximum atomic E-state index is 13.1. The van der Waals surface area contributed by atoms with E-state index in [1.165, 1.54) is 0 Å². The summed E-state index contributed by atoms with van der Waals surface area (Å²) in [4.78, 5) is 2.97. The average Bonchev–Trinajstić information content (AvgIpc) is 2.18. The molecule has 1 rings (SSSR count). The number of halogens is 1. The molecule has 0 N–H and O–H groups in total. The summed E-state index contributed by atoms with van der Waals surface area (Å²) in [6, 6.07) is -2.74. The second-order valence-corrected chi connectivity index (χ2v) is 1.25. The van der Waals surface area contributed by atoms with Gasteiger partial charge >= 0.3 is 0 Å². The van der Waals surface area contributed by atoms with E-state index in [0.717, 1.165) is 0 Å². The second-order valence-electron chi connectivity index (χ2n) is 1.25. The normalized spacial score (nSPS) is 25.4. The van der Waals surface area contributed by atoms with E-state index in [4.69, 9.17) is 11.0 Å². The van der Waals surface area contributed by atoms with E-state index in [0.29, 0.717) is 0 Å². The molecule has 0 saturated heterocycles. The van der Waals surface area contributed by atoms with Crippen molar-refractivity contribution >= 4 is 0 Å². The van der Waals surface area contributed by atoms with Gasteiger partial charge in [-0.05, 0) is 18.5 Å². The number of aryl methyl sites for hydroxylation is 1. The SMILES string of the molecule is [2H]c1c(F)nc(C([2H])([2H])C([2H])([2H])[2H])c([2H])c1[2H]. The first-order valence-electron chi connectivity index (χ1n) is 6.14. The number of pyridine rings is 1. The summed E-state index contributed by atoms with van der Waals surface area (Å²) in [7, 11) is 0. The molecule has 48 valence electrons. The molecule has 0 aliphatic rings. The van der Waals surface area contributed by atoms with Crippen LogP contribution in [0.1, 0.15) is 23.5 Å². The van der Waals surface area contributed by atoms with Gasteiger partial charge in [-0.15, -0.1) is 0 Å². The highest BCUT2D eigenvalue weighted by Crippen LogP contribution is 1.96. The fourth-order valence-corrected chi connectivity index (χ4v) is 0.355. The van der Waals surface area contributed by atoms with Crippen LogP contribution in [0.25, 0.3) is 0 Å². The van der Waals surface area contributed by atoms with Gasteiger partial charge < -0.3 is 0 Å². The van der Waals surface area contributed by atoms with E-state index in [-0.39, 0.29) is 0 Å². The van der Waals surface area contributed by atoms with Gasteiger partial charge in [-0.3, -0.25) is 0 Å². The highest BCUT2D eigenvalue weighted by Gasteiger charge is 1.90. The van der Waals surface area contributed by atoms with Crippen LogP contribution in [0.4, 0.5) is 4.39 Å². The van der Waals surface area contributed by atoms with Gasteiger partial charge in [-0.2, -0.15) is 4.39 Å². The van der Waals surface area contributed by atoms with Crippen molar-refractivity contribution < 1.29 is 15.4 Å². The standard InChI is InChI=1S/C7H8FN/c1-2-6-4-3-5-7(8)9-6/h3-5H,2H2,1H3/i1D3,2D2,3D,4D,5D. The molecular weight excluding hydrogens is 117 g/mol. The first-order valence-corrected chi connectivity index (χ1v) is 2.14. The lowest BCUT2D eigenvalue weighted by Crippen LogP contribution is -1.87. The Labute approximate surface area is 64.8 Å². The molecular formula is C7H8FN. The third kappa shape index (κ3) is 1.49. The number of aromatic nitrogens is 1. The van der Waals surface area contributed by atoms with Crippen molar-refractivity contribution in [2.45, 2.75) is 13.2 Å². The van der Waals surface area contributed by atoms with Crippen LogP contribution in [-0.4, -0.2) is 4.98 Å². The van der Waals surface area contributed by atoms with Crippen molar-refractivity contribution in [2.75, 3.05) is 0 Å². The first kappa shape index (κ1) is 1.57. The van der Waals surface area contributed by atoms with E-state index in [9.17, 15) is 4.39 Å². The molecule has 1 nitrogen and oxygen atoms in total. The third-order valence-electron chi connectivity index (χ3n) is 0.675. The lowest BCUT2D eigenvalue weighted by atomic mass is 10.3. The van der Waals surface area contributed by atoms with Gasteiger partial charge in [0.1, 0.15) is 0 Å². The smallest absolute Gasteiger partial charge is 0.213 e. The lowest BCUT2D eigenvalue weighted by Gasteiger charge is -1.91. The maximum absolute atomic E-state index is 13.1. The van der Waals surface area contributed by atoms with Gasteiger partial charge in [0.15, 0.2) is 0 Å². The first-order chi connectivity index (χ1) is 7.50. The van der Waals surface area contributed by atoms with Gasteiger partial charge in [0.2, 0.25) is 5.95 Å². The highest BCUT2D eigenvalue weighted by atomic mass is 19.1. The van der Waals surface area contributed by atoms with Crippen molar-refractivity contribution in [3.8, 4) is 0 Å². The number of hydrogen-bond donors (Lipinski definition) is 0. The summed E-state index contributed by atoms with van der Waals surface area (Å²) in [6.07, 6.45) is -3.05. The molecule has 0 aliphatic carbocycles. The Morgan fingerprint density at radius 3 is 3.67 bits per heavy atom. The fraction of sp³-hybridized carbons (Fsp3) is 0.286. The van der Waals surface area contributed by atoms with E-state index in [2.05, 4.69) is 4.98 Å². The zero-order valence-electron chi connectivity index (χ0n) is 12.3. The van der Waals surface area contributed by atoms with Crippen LogP contribution < -0.4 is 0 Å². The minimum Gasteiger partial charge on any atom is -0.225 e. The maximum Gasteiger partial charge on any atom is 0.213 e. The molecule has 0 unspecified atom stereocenters. The molecule has 1 heterocycles. The van der Waals surface area contributed by atoms with Crippen LogP contribution in [0.3, 0.4) is 0 Å². The van der Waals surface area contributed by atoms with Crippen molar-refractivity contribution in [1.82, 2.24) is 4.98 Å². The van der Waals surface area contributed by atoms with Crippen LogP contribution in [0, 0.1) is 5.95 Å². The van der Waals surface area contributed by atoms with Crippen LogP contribution in [0.5, 0.6) is 0 Å². The molecule has 0 atom stereocenters. The molecule has 0 radical (unpaired) electrons. The average molecular weight is 133 g/mol. The predicted molar refractivity (Wildman–Crippen MR) is 33.6 cm³/mol. The molecule has 0 amide bonds. The third-order valence-corrected chi connectivity index (χ3v) is 0.675. The molecule has 0 aliphatic heterocycles. The minimum atomic E-state index is -3.14. The summed E-state index contributed by atoms with van der Waals surface area (Å²) >= 11 is 0. The van der Waals surface area contributed by atoms with E-state index in [1.54, 1.807) is 0 Å². The molecule has 9 heavy (non-hydrogen) atoms. The summed E-state index contributed by atoms with van der Waals surface area (Å²) in [5.74, 6) is -1.46. The van der Waals surface area contributed by atoms with Crippen molar-refractivity contribution in [1.29, 1.82) is 0 Å². The second kappa shape index (κ2) is 2.58. The summed E-state index contributed by atoms with van der Waals surface area (Å²) in [5, 5.41) is 0. The van der Waals surface area contributed by atoms with Gasteiger partial charge in [0.05, 0.1) is 4.11 Å². The summed E-state index contributed by atoms with van der Waals surface area (Å²) in [5.41, 5.74) is -0.990. The molecule has 0 spiro atoms. The fourth-order valence-electron chi connectivity index (χ4n) is 0.355. The van der Waals surface area contributed by atoms with Gasteiger partial charge in [0.25, 0.3) is 0 Å². The van der Waals surface area contributed by atoms with Crippen LogP contribution in [0.2, 0.25) is 0 Å². The van der Waals surface area contributed by atoms with Crippen molar-refractivity contribution in [3.05, 3.63) is 29.8 Å². The van der Waals surface area contributed by atoms with E-state index in [1.807, 2.05) is 0 Å². The Balaban J connectivity index is 3.54. The van der Waals surface area contributed by atoms with Crippen LogP contribution in [0.15, 0.2) is 18.1 Å². The van der Waals surface area contributed by atoms with E-state index < -0.39 is 43.0 Å². The summed E-state index contributed by atoms with van der Waals surface area (Å²) < 4.78 is 70.2. The van der Waals surface area contributed by atoms with Crippen molar-refractivity contribution in [3.63, 3.8) is 0 Å². The molecule has 0 saturated carbocycles. The minimum absolute atomic E-state index is 0.888. The molecule has 1 aromatic rings. The molecule has 1 aromatic heterocycles. The molecule has 0 aromatic carbocycles. The Morgan fingerprint density at radius 1 is 2.00 bits per heavy atom. The number of nitrogens with zero attached hydrogens (tertiary/aromatic N) is 1. The number of hydrogen-bond acceptors (Lipinski definition) is 1. The highest BCUT2D eigenvalue weighted by molar-refractivity contribution is 5.03. The lowest BCUT2D eigenvalue weighted by molar-refractivity contribution is 0.577. The predicted octanol–water partition coefficient (Wildman–Crippen LogP) is 1.78. The zero-order chi connectivity index (χ0) is 13.6. The van der Waals surface area contributed by atoms with Crippen LogP contribution in [-0.2, 0) is 6.37 Å². The largest absolute Gasteiger partial charge is 0.225 e. The van der Waals surface area contributed by atoms with Crippen molar-refractivity contribution in [2.24, 2.45) is 0 Å². The Kier molecular flexibility index (Phi) is 0.448. The molecule has 0 fully saturated rings. The van der Waals surface area contributed by atoms with Gasteiger partial charge in [-0.1, -0.05) is 12.9 Å².